The van der Waals surface area contributed by atoms with Crippen molar-refractivity contribution in [3.05, 3.63) is 0 Å². The Morgan fingerprint density at radius 2 is 0.842 bits per heavy atom. The number of aliphatic hydroxyl groups is 3. The van der Waals surface area contributed by atoms with Gasteiger partial charge in [-0.05, 0) is 78.4 Å². The topological polar surface area (TPSA) is 60.7 Å². The molecule has 6 fully saturated rings. The quantitative estimate of drug-likeness (QED) is 0.595. The van der Waals surface area contributed by atoms with E-state index in [2.05, 4.69) is 0 Å². The van der Waals surface area contributed by atoms with Crippen molar-refractivity contribution >= 4 is 0 Å². The van der Waals surface area contributed by atoms with Crippen LogP contribution in [-0.4, -0.2) is 33.6 Å². The van der Waals surface area contributed by atoms with Crippen molar-refractivity contribution in [3.8, 4) is 0 Å². The first kappa shape index (κ1) is 10.6. The van der Waals surface area contributed by atoms with Gasteiger partial charge < -0.3 is 15.3 Å². The summed E-state index contributed by atoms with van der Waals surface area (Å²) in [7, 11) is 0. The third kappa shape index (κ3) is 0.873. The SMILES string of the molecule is O[C@@H]1C[C@@H]2[C@@H]3C[C@H](O)[C@@H]4[C@@H]3[C@H]3[C@H]5[C@@H](C[C@H](O)[C@H]54)[C@H]1[C@H]23. The summed E-state index contributed by atoms with van der Waals surface area (Å²) in [5.74, 6) is 5.97. The van der Waals surface area contributed by atoms with Gasteiger partial charge in [-0.25, -0.2) is 0 Å². The maximum absolute atomic E-state index is 10.5. The summed E-state index contributed by atoms with van der Waals surface area (Å²) in [5.41, 5.74) is 0. The van der Waals surface area contributed by atoms with Crippen LogP contribution in [0, 0.1) is 59.2 Å². The van der Waals surface area contributed by atoms with E-state index < -0.39 is 0 Å². The van der Waals surface area contributed by atoms with Crippen molar-refractivity contribution in [3.63, 3.8) is 0 Å². The molecule has 6 saturated carbocycles. The Kier molecular flexibility index (Phi) is 1.62. The minimum absolute atomic E-state index is 0.117. The number of fused-ring (bicyclic) bond motifs is 3. The second-order valence-electron chi connectivity index (χ2n) is 8.44. The van der Waals surface area contributed by atoms with Crippen molar-refractivity contribution in [2.24, 2.45) is 59.2 Å². The van der Waals surface area contributed by atoms with Crippen LogP contribution in [0.25, 0.3) is 0 Å². The Morgan fingerprint density at radius 3 is 1.47 bits per heavy atom. The first-order valence-corrected chi connectivity index (χ1v) is 8.22. The maximum Gasteiger partial charge on any atom is 0.0577 e. The Bertz CT molecular complexity index is 465. The van der Waals surface area contributed by atoms with E-state index in [0.717, 1.165) is 31.1 Å². The van der Waals surface area contributed by atoms with Gasteiger partial charge in [0.1, 0.15) is 0 Å². The Labute approximate surface area is 113 Å². The van der Waals surface area contributed by atoms with Crippen LogP contribution in [0.1, 0.15) is 19.3 Å². The van der Waals surface area contributed by atoms with Gasteiger partial charge in [0.25, 0.3) is 0 Å². The van der Waals surface area contributed by atoms with Gasteiger partial charge in [0.2, 0.25) is 0 Å². The molecule has 0 heterocycles. The van der Waals surface area contributed by atoms with Crippen LogP contribution in [0.4, 0.5) is 0 Å². The molecule has 0 spiro atoms. The molecule has 0 aromatic heterocycles. The molecule has 3 heteroatoms. The first-order valence-electron chi connectivity index (χ1n) is 8.22. The molecule has 3 N–H and O–H groups in total. The normalized spacial score (nSPS) is 78.2. The number of hydrogen-bond acceptors (Lipinski definition) is 3. The lowest BCUT2D eigenvalue weighted by Crippen LogP contribution is -2.30. The Balaban J connectivity index is 1.58. The molecule has 0 bridgehead atoms. The highest BCUT2D eigenvalue weighted by atomic mass is 16.3. The lowest BCUT2D eigenvalue weighted by molar-refractivity contribution is 0.0366. The van der Waals surface area contributed by atoms with Crippen molar-refractivity contribution in [1.82, 2.24) is 0 Å². The molecule has 6 rings (SSSR count). The summed E-state index contributed by atoms with van der Waals surface area (Å²) in [6.07, 6.45) is 2.34. The second-order valence-corrected chi connectivity index (χ2v) is 8.44. The Morgan fingerprint density at radius 1 is 0.421 bits per heavy atom. The summed E-state index contributed by atoms with van der Waals surface area (Å²) in [6.45, 7) is 0. The van der Waals surface area contributed by atoms with E-state index in [4.69, 9.17) is 0 Å². The highest BCUT2D eigenvalue weighted by molar-refractivity contribution is 5.26. The van der Waals surface area contributed by atoms with Gasteiger partial charge >= 0.3 is 0 Å². The smallest absolute Gasteiger partial charge is 0.0577 e. The molecule has 13 atom stereocenters. The standard InChI is InChI=1S/C16H22O3/c17-7-1-4-5-2-8(18)14-12(5)16-11(4)10(7)6-3-9(19)15(14)13(6)16/h4-19H,1-3H2/t4-,5+,6+,7-,8+,9+,10-,11+,12-,13+,14-,15-,16+/m1/s1. The van der Waals surface area contributed by atoms with E-state index >= 15 is 0 Å². The van der Waals surface area contributed by atoms with Crippen LogP contribution in [0.2, 0.25) is 0 Å². The molecule has 6 aliphatic carbocycles. The average molecular weight is 262 g/mol. The van der Waals surface area contributed by atoms with Gasteiger partial charge in [-0.2, -0.15) is 0 Å². The molecule has 0 aliphatic heterocycles. The molecule has 3 nitrogen and oxygen atoms in total. The Hall–Kier alpha value is -0.120. The fourth-order valence-electron chi connectivity index (χ4n) is 8.73. The molecule has 0 amide bonds. The largest absolute Gasteiger partial charge is 0.393 e. The zero-order chi connectivity index (χ0) is 12.6. The molecule has 0 unspecified atom stereocenters. The number of rotatable bonds is 0. The van der Waals surface area contributed by atoms with Crippen LogP contribution in [-0.2, 0) is 0 Å². The first-order chi connectivity index (χ1) is 9.18. The number of hydrogen-bond donors (Lipinski definition) is 3. The summed E-state index contributed by atoms with van der Waals surface area (Å²) in [4.78, 5) is 0. The van der Waals surface area contributed by atoms with Gasteiger partial charge in [-0.15, -0.1) is 0 Å². The molecule has 104 valence electrons. The highest BCUT2D eigenvalue weighted by Gasteiger charge is 2.78. The monoisotopic (exact) mass is 262 g/mol. The summed E-state index contributed by atoms with van der Waals surface area (Å²) in [5, 5.41) is 31.5. The molecule has 19 heavy (non-hydrogen) atoms. The minimum atomic E-state index is -0.203. The van der Waals surface area contributed by atoms with E-state index in [1.54, 1.807) is 0 Å². The van der Waals surface area contributed by atoms with Crippen LogP contribution >= 0.6 is 0 Å². The third-order valence-corrected chi connectivity index (χ3v) is 8.51. The van der Waals surface area contributed by atoms with Gasteiger partial charge in [0.15, 0.2) is 0 Å². The second kappa shape index (κ2) is 2.90. The molecule has 0 saturated heterocycles. The zero-order valence-corrected chi connectivity index (χ0v) is 11.0. The van der Waals surface area contributed by atoms with Crippen molar-refractivity contribution in [2.45, 2.75) is 37.6 Å². The minimum Gasteiger partial charge on any atom is -0.393 e. The van der Waals surface area contributed by atoms with Crippen LogP contribution in [0.5, 0.6) is 0 Å². The van der Waals surface area contributed by atoms with E-state index in [1.165, 1.54) is 0 Å². The third-order valence-electron chi connectivity index (χ3n) is 8.51. The lowest BCUT2D eigenvalue weighted by Gasteiger charge is -2.25. The van der Waals surface area contributed by atoms with Crippen molar-refractivity contribution in [2.75, 3.05) is 0 Å². The predicted molar refractivity (Wildman–Crippen MR) is 66.8 cm³/mol. The number of aliphatic hydroxyl groups excluding tert-OH is 3. The predicted octanol–water partition coefficient (Wildman–Crippen LogP) is 0.483. The van der Waals surface area contributed by atoms with Crippen LogP contribution < -0.4 is 0 Å². The molecule has 0 aromatic rings. The fraction of sp³-hybridized carbons (Fsp3) is 1.00. The van der Waals surface area contributed by atoms with Crippen LogP contribution in [0.15, 0.2) is 0 Å². The van der Waals surface area contributed by atoms with Crippen LogP contribution in [0.3, 0.4) is 0 Å². The van der Waals surface area contributed by atoms with E-state index in [9.17, 15) is 15.3 Å². The zero-order valence-electron chi connectivity index (χ0n) is 11.0. The van der Waals surface area contributed by atoms with Crippen molar-refractivity contribution in [1.29, 1.82) is 0 Å². The van der Waals surface area contributed by atoms with Crippen molar-refractivity contribution < 1.29 is 15.3 Å². The molecule has 6 aliphatic rings. The summed E-state index contributed by atoms with van der Waals surface area (Å²) < 4.78 is 0. The van der Waals surface area contributed by atoms with Gasteiger partial charge in [-0.3, -0.25) is 0 Å². The van der Waals surface area contributed by atoms with Gasteiger partial charge in [0, 0.05) is 0 Å². The van der Waals surface area contributed by atoms with E-state index in [0.29, 0.717) is 47.3 Å². The van der Waals surface area contributed by atoms with Gasteiger partial charge in [0.05, 0.1) is 18.3 Å². The average Bonchev–Trinajstić information content (AvgIpc) is 3.05. The fourth-order valence-corrected chi connectivity index (χ4v) is 8.73. The molecule has 0 aromatic carbocycles. The maximum atomic E-state index is 10.5. The lowest BCUT2D eigenvalue weighted by atomic mass is 9.83. The molecular weight excluding hydrogens is 240 g/mol. The molecular formula is C16H22O3. The van der Waals surface area contributed by atoms with E-state index in [1.807, 2.05) is 0 Å². The summed E-state index contributed by atoms with van der Waals surface area (Å²) >= 11 is 0. The van der Waals surface area contributed by atoms with E-state index in [-0.39, 0.29) is 18.3 Å². The molecule has 0 radical (unpaired) electrons. The highest BCUT2D eigenvalue weighted by Crippen LogP contribution is 2.79. The van der Waals surface area contributed by atoms with Gasteiger partial charge in [-0.1, -0.05) is 0 Å². The summed E-state index contributed by atoms with van der Waals surface area (Å²) in [6, 6.07) is 0.